The number of anilines is 1. The van der Waals surface area contributed by atoms with Crippen LogP contribution in [0.3, 0.4) is 0 Å². The summed E-state index contributed by atoms with van der Waals surface area (Å²) in [6.45, 7) is 4.57. The normalized spacial score (nSPS) is 10.8. The molecule has 2 rings (SSSR count). The number of hydrogen-bond acceptors (Lipinski definition) is 4. The number of benzene rings is 1. The molecule has 1 aromatic carbocycles. The van der Waals surface area contributed by atoms with Crippen molar-refractivity contribution in [2.45, 2.75) is 26.5 Å². The van der Waals surface area contributed by atoms with Gasteiger partial charge in [0.1, 0.15) is 0 Å². The summed E-state index contributed by atoms with van der Waals surface area (Å²) in [4.78, 5) is 5.06. The predicted molar refractivity (Wildman–Crippen MR) is 81.7 cm³/mol. The largest absolute Gasteiger partial charge is 0.487 e. The second kappa shape index (κ2) is 6.46. The fourth-order valence-electron chi connectivity index (χ4n) is 1.55. The summed E-state index contributed by atoms with van der Waals surface area (Å²) in [6, 6.07) is 5.64. The highest BCUT2D eigenvalue weighted by molar-refractivity contribution is 7.15. The molecule has 0 aliphatic rings. The number of aromatic nitrogens is 1. The van der Waals surface area contributed by atoms with E-state index in [2.05, 4.69) is 10.3 Å². The number of thiazole rings is 1. The number of para-hydroxylation sites is 1. The lowest BCUT2D eigenvalue weighted by atomic mass is 10.2. The first-order valence-electron chi connectivity index (χ1n) is 5.85. The summed E-state index contributed by atoms with van der Waals surface area (Å²) in [5.41, 5.74) is 0.866. The van der Waals surface area contributed by atoms with Gasteiger partial charge < -0.3 is 10.1 Å². The fourth-order valence-corrected chi connectivity index (χ4v) is 2.69. The summed E-state index contributed by atoms with van der Waals surface area (Å²) < 4.78 is 6.28. The lowest BCUT2D eigenvalue weighted by Crippen LogP contribution is -2.09. The lowest BCUT2D eigenvalue weighted by Gasteiger charge is -2.16. The molecule has 19 heavy (non-hydrogen) atoms. The van der Waals surface area contributed by atoms with Crippen molar-refractivity contribution in [3.63, 3.8) is 0 Å². The van der Waals surface area contributed by atoms with Crippen molar-refractivity contribution in [2.24, 2.45) is 0 Å². The summed E-state index contributed by atoms with van der Waals surface area (Å²) in [5, 5.41) is 3.89. The highest BCUT2D eigenvalue weighted by Crippen LogP contribution is 2.34. The first kappa shape index (κ1) is 14.4. The molecule has 0 amide bonds. The van der Waals surface area contributed by atoms with Crippen LogP contribution in [0.5, 0.6) is 5.75 Å². The third-order valence-electron chi connectivity index (χ3n) is 2.30. The van der Waals surface area contributed by atoms with E-state index in [1.165, 1.54) is 11.3 Å². The summed E-state index contributed by atoms with van der Waals surface area (Å²) in [7, 11) is 0. The molecule has 0 spiro atoms. The highest BCUT2D eigenvalue weighted by atomic mass is 35.5. The van der Waals surface area contributed by atoms with Crippen molar-refractivity contribution in [3.05, 3.63) is 38.8 Å². The molecule has 3 nitrogen and oxygen atoms in total. The molecule has 0 aliphatic heterocycles. The van der Waals surface area contributed by atoms with E-state index < -0.39 is 0 Å². The van der Waals surface area contributed by atoms with Crippen molar-refractivity contribution in [2.75, 3.05) is 5.32 Å². The molecule has 0 saturated carbocycles. The molecule has 0 fully saturated rings. The number of hydrogen-bond donors (Lipinski definition) is 1. The Balaban J connectivity index is 2.13. The molecule has 0 radical (unpaired) electrons. The SMILES string of the molecule is CC(C)Oc1c(Cl)cccc1NCc1cnc(Cl)s1. The maximum absolute atomic E-state index is 6.16. The monoisotopic (exact) mass is 316 g/mol. The van der Waals surface area contributed by atoms with Crippen molar-refractivity contribution in [1.82, 2.24) is 4.98 Å². The molecule has 6 heteroatoms. The van der Waals surface area contributed by atoms with Crippen LogP contribution in [-0.2, 0) is 6.54 Å². The van der Waals surface area contributed by atoms with Gasteiger partial charge in [0.15, 0.2) is 10.2 Å². The Hall–Kier alpha value is -0.970. The number of nitrogens with one attached hydrogen (secondary N) is 1. The van der Waals surface area contributed by atoms with Crippen LogP contribution in [0.25, 0.3) is 0 Å². The number of ether oxygens (including phenoxy) is 1. The van der Waals surface area contributed by atoms with Gasteiger partial charge in [0.2, 0.25) is 0 Å². The van der Waals surface area contributed by atoms with E-state index in [-0.39, 0.29) is 6.10 Å². The minimum absolute atomic E-state index is 0.0679. The molecular weight excluding hydrogens is 303 g/mol. The average Bonchev–Trinajstić information content (AvgIpc) is 2.75. The topological polar surface area (TPSA) is 34.1 Å². The third kappa shape index (κ3) is 4.00. The Kier molecular flexibility index (Phi) is 4.91. The molecule has 0 aliphatic carbocycles. The van der Waals surface area contributed by atoms with E-state index in [0.29, 0.717) is 21.8 Å². The predicted octanol–water partition coefficient (Wildman–Crippen LogP) is 4.85. The van der Waals surface area contributed by atoms with Crippen LogP contribution >= 0.6 is 34.5 Å². The van der Waals surface area contributed by atoms with Crippen LogP contribution in [0.1, 0.15) is 18.7 Å². The van der Waals surface area contributed by atoms with Crippen molar-refractivity contribution in [1.29, 1.82) is 0 Å². The number of halogens is 2. The molecule has 1 heterocycles. The minimum atomic E-state index is 0.0679. The molecule has 2 aromatic rings. The number of rotatable bonds is 5. The maximum Gasteiger partial charge on any atom is 0.183 e. The Morgan fingerprint density at radius 1 is 1.37 bits per heavy atom. The average molecular weight is 317 g/mol. The molecule has 0 unspecified atom stereocenters. The van der Waals surface area contributed by atoms with Gasteiger partial charge in [-0.2, -0.15) is 0 Å². The Labute approximate surface area is 126 Å². The van der Waals surface area contributed by atoms with Gasteiger partial charge in [0, 0.05) is 11.1 Å². The molecule has 0 atom stereocenters. The van der Waals surface area contributed by atoms with Crippen LogP contribution in [-0.4, -0.2) is 11.1 Å². The van der Waals surface area contributed by atoms with E-state index in [9.17, 15) is 0 Å². The van der Waals surface area contributed by atoms with E-state index in [1.807, 2.05) is 32.0 Å². The van der Waals surface area contributed by atoms with Gasteiger partial charge >= 0.3 is 0 Å². The maximum atomic E-state index is 6.16. The van der Waals surface area contributed by atoms with Gasteiger partial charge in [-0.25, -0.2) is 4.98 Å². The van der Waals surface area contributed by atoms with E-state index >= 15 is 0 Å². The van der Waals surface area contributed by atoms with Gasteiger partial charge in [0.25, 0.3) is 0 Å². The first-order valence-corrected chi connectivity index (χ1v) is 7.42. The standard InChI is InChI=1S/C13H14Cl2N2OS/c1-8(2)18-12-10(14)4-3-5-11(12)16-6-9-7-17-13(15)19-9/h3-5,7-8,16H,6H2,1-2H3. The highest BCUT2D eigenvalue weighted by Gasteiger charge is 2.10. The zero-order valence-electron chi connectivity index (χ0n) is 10.6. The van der Waals surface area contributed by atoms with Gasteiger partial charge in [-0.1, -0.05) is 29.3 Å². The molecule has 102 valence electrons. The van der Waals surface area contributed by atoms with Crippen LogP contribution in [0.4, 0.5) is 5.69 Å². The zero-order chi connectivity index (χ0) is 13.8. The van der Waals surface area contributed by atoms with E-state index in [0.717, 1.165) is 10.6 Å². The Morgan fingerprint density at radius 2 is 2.16 bits per heavy atom. The smallest absolute Gasteiger partial charge is 0.183 e. The molecule has 0 saturated heterocycles. The Morgan fingerprint density at radius 3 is 2.79 bits per heavy atom. The van der Waals surface area contributed by atoms with Crippen molar-refractivity contribution < 1.29 is 4.74 Å². The van der Waals surface area contributed by atoms with Crippen molar-refractivity contribution in [3.8, 4) is 5.75 Å². The van der Waals surface area contributed by atoms with E-state index in [1.54, 1.807) is 6.20 Å². The third-order valence-corrected chi connectivity index (χ3v) is 3.71. The minimum Gasteiger partial charge on any atom is -0.487 e. The van der Waals surface area contributed by atoms with Gasteiger partial charge in [-0.05, 0) is 26.0 Å². The zero-order valence-corrected chi connectivity index (χ0v) is 12.9. The first-order chi connectivity index (χ1) is 9.06. The van der Waals surface area contributed by atoms with Gasteiger partial charge in [-0.15, -0.1) is 11.3 Å². The van der Waals surface area contributed by atoms with Gasteiger partial charge in [0.05, 0.1) is 23.4 Å². The molecule has 0 bridgehead atoms. The Bertz CT molecular complexity index is 557. The van der Waals surface area contributed by atoms with Crippen LogP contribution in [0, 0.1) is 0 Å². The van der Waals surface area contributed by atoms with Crippen LogP contribution in [0.2, 0.25) is 9.49 Å². The fraction of sp³-hybridized carbons (Fsp3) is 0.308. The number of nitrogens with zero attached hydrogens (tertiary/aromatic N) is 1. The molecule has 1 N–H and O–H groups in total. The summed E-state index contributed by atoms with van der Waals surface area (Å²) in [6.07, 6.45) is 1.83. The van der Waals surface area contributed by atoms with Crippen LogP contribution in [0.15, 0.2) is 24.4 Å². The second-order valence-electron chi connectivity index (χ2n) is 4.22. The summed E-state index contributed by atoms with van der Waals surface area (Å²) in [5.74, 6) is 0.676. The summed E-state index contributed by atoms with van der Waals surface area (Å²) >= 11 is 13.4. The quantitative estimate of drug-likeness (QED) is 0.856. The molecular formula is C13H14Cl2N2OS. The van der Waals surface area contributed by atoms with E-state index in [4.69, 9.17) is 27.9 Å². The van der Waals surface area contributed by atoms with Crippen molar-refractivity contribution >= 4 is 40.2 Å². The molecule has 1 aromatic heterocycles. The lowest BCUT2D eigenvalue weighted by molar-refractivity contribution is 0.244. The van der Waals surface area contributed by atoms with Gasteiger partial charge in [-0.3, -0.25) is 0 Å². The second-order valence-corrected chi connectivity index (χ2v) is 6.32. The van der Waals surface area contributed by atoms with Crippen LogP contribution < -0.4 is 10.1 Å².